The Morgan fingerprint density at radius 2 is 1.63 bits per heavy atom. The lowest BCUT2D eigenvalue weighted by molar-refractivity contribution is 0.332. The van der Waals surface area contributed by atoms with Crippen LogP contribution in [0.3, 0.4) is 0 Å². The second-order valence-electron chi connectivity index (χ2n) is 7.46. The molecular formula is C25H26Br2N4O3S. The standard InChI is InChI=1S/C9H13NO3S.C8H7BrN2.C8H6BrN/c1-6-4-7(2)9(8(3)5-6)14(11,12)13-10;1-6-5-8-7(9)3-2-4-11(8)10-6;1-2-4-8-7(9)5-3-6-10-8/h4-5H,10H2,1-3H3;2-5H,1H3;3,5-6H,1H3. The molecule has 1 aromatic carbocycles. The van der Waals surface area contributed by atoms with Crippen molar-refractivity contribution in [2.75, 3.05) is 0 Å². The molecule has 0 fully saturated rings. The largest absolute Gasteiger partial charge is 0.313 e. The van der Waals surface area contributed by atoms with E-state index in [1.807, 2.05) is 54.9 Å². The number of fused-ring (bicyclic) bond motifs is 1. The van der Waals surface area contributed by atoms with Crippen molar-refractivity contribution in [1.82, 2.24) is 14.6 Å². The summed E-state index contributed by atoms with van der Waals surface area (Å²) in [6.45, 7) is 9.11. The van der Waals surface area contributed by atoms with E-state index in [1.54, 1.807) is 39.1 Å². The van der Waals surface area contributed by atoms with Gasteiger partial charge in [0.25, 0.3) is 0 Å². The highest BCUT2D eigenvalue weighted by atomic mass is 79.9. The third-order valence-electron chi connectivity index (χ3n) is 4.56. The number of nitrogens with zero attached hydrogens (tertiary/aromatic N) is 3. The number of nitrogens with two attached hydrogens (primary N) is 1. The topological polar surface area (TPSA) is 99.6 Å². The fourth-order valence-electron chi connectivity index (χ4n) is 3.31. The van der Waals surface area contributed by atoms with Crippen molar-refractivity contribution < 1.29 is 12.7 Å². The lowest BCUT2D eigenvalue weighted by atomic mass is 10.1. The third-order valence-corrected chi connectivity index (χ3v) is 7.26. The van der Waals surface area contributed by atoms with Crippen molar-refractivity contribution in [2.24, 2.45) is 5.90 Å². The smallest absolute Gasteiger partial charge is 0.247 e. The molecule has 0 saturated carbocycles. The Hall–Kier alpha value is -2.55. The van der Waals surface area contributed by atoms with E-state index in [0.29, 0.717) is 11.1 Å². The Balaban J connectivity index is 0.000000188. The highest BCUT2D eigenvalue weighted by molar-refractivity contribution is 9.11. The summed E-state index contributed by atoms with van der Waals surface area (Å²) in [5, 5.41) is 4.26. The van der Waals surface area contributed by atoms with Crippen LogP contribution in [0.2, 0.25) is 0 Å². The van der Waals surface area contributed by atoms with Crippen LogP contribution in [0.25, 0.3) is 5.52 Å². The van der Waals surface area contributed by atoms with Crippen LogP contribution in [0, 0.1) is 39.5 Å². The molecular weight excluding hydrogens is 596 g/mol. The third kappa shape index (κ3) is 7.98. The molecule has 3 aromatic heterocycles. The quantitative estimate of drug-likeness (QED) is 0.224. The molecule has 0 bridgehead atoms. The highest BCUT2D eigenvalue weighted by Crippen LogP contribution is 2.22. The van der Waals surface area contributed by atoms with Gasteiger partial charge in [-0.25, -0.2) is 9.50 Å². The molecule has 2 N–H and O–H groups in total. The van der Waals surface area contributed by atoms with Gasteiger partial charge in [-0.1, -0.05) is 23.6 Å². The van der Waals surface area contributed by atoms with Crippen LogP contribution in [-0.4, -0.2) is 23.0 Å². The molecule has 10 heteroatoms. The zero-order valence-corrected chi connectivity index (χ0v) is 24.0. The van der Waals surface area contributed by atoms with E-state index in [1.165, 1.54) is 0 Å². The van der Waals surface area contributed by atoms with Crippen LogP contribution >= 0.6 is 31.9 Å². The van der Waals surface area contributed by atoms with Gasteiger partial charge in [-0.3, -0.25) is 0 Å². The number of benzene rings is 1. The Labute approximate surface area is 223 Å². The molecule has 3 heterocycles. The van der Waals surface area contributed by atoms with Gasteiger partial charge in [0.15, 0.2) is 0 Å². The molecule has 0 spiro atoms. The number of hydrogen-bond acceptors (Lipinski definition) is 6. The van der Waals surface area contributed by atoms with E-state index in [9.17, 15) is 8.42 Å². The van der Waals surface area contributed by atoms with E-state index in [4.69, 9.17) is 5.90 Å². The van der Waals surface area contributed by atoms with Gasteiger partial charge in [-0.05, 0) is 114 Å². The van der Waals surface area contributed by atoms with Gasteiger partial charge in [0.05, 0.1) is 15.7 Å². The van der Waals surface area contributed by atoms with E-state index in [2.05, 4.69) is 58.1 Å². The Kier molecular flexibility index (Phi) is 10.6. The predicted molar refractivity (Wildman–Crippen MR) is 145 cm³/mol. The van der Waals surface area contributed by atoms with Crippen molar-refractivity contribution in [1.29, 1.82) is 0 Å². The van der Waals surface area contributed by atoms with E-state index >= 15 is 0 Å². The highest BCUT2D eigenvalue weighted by Gasteiger charge is 2.19. The summed E-state index contributed by atoms with van der Waals surface area (Å²) in [4.78, 5) is 4.21. The molecule has 4 rings (SSSR count). The van der Waals surface area contributed by atoms with Gasteiger partial charge >= 0.3 is 10.1 Å². The summed E-state index contributed by atoms with van der Waals surface area (Å²) in [5.74, 6) is 10.4. The lowest BCUT2D eigenvalue weighted by Gasteiger charge is -2.09. The van der Waals surface area contributed by atoms with Crippen LogP contribution in [0.4, 0.5) is 0 Å². The van der Waals surface area contributed by atoms with Crippen molar-refractivity contribution in [3.63, 3.8) is 0 Å². The minimum Gasteiger partial charge on any atom is -0.247 e. The van der Waals surface area contributed by atoms with Crippen LogP contribution < -0.4 is 5.90 Å². The molecule has 7 nitrogen and oxygen atoms in total. The van der Waals surface area contributed by atoms with Gasteiger partial charge in [0.1, 0.15) is 10.6 Å². The average molecular weight is 622 g/mol. The molecule has 0 radical (unpaired) electrons. The van der Waals surface area contributed by atoms with Gasteiger partial charge < -0.3 is 0 Å². The molecule has 0 unspecified atom stereocenters. The van der Waals surface area contributed by atoms with E-state index in [0.717, 1.165) is 31.4 Å². The molecule has 35 heavy (non-hydrogen) atoms. The second kappa shape index (κ2) is 13.0. The molecule has 0 aliphatic rings. The number of pyridine rings is 2. The Morgan fingerprint density at radius 1 is 1.00 bits per heavy atom. The minimum atomic E-state index is -3.80. The molecule has 184 valence electrons. The fourth-order valence-corrected chi connectivity index (χ4v) is 5.11. The molecule has 0 atom stereocenters. The zero-order valence-electron chi connectivity index (χ0n) is 20.0. The number of aryl methyl sites for hydroxylation is 4. The van der Waals surface area contributed by atoms with Crippen LogP contribution in [0.5, 0.6) is 0 Å². The zero-order chi connectivity index (χ0) is 26.2. The van der Waals surface area contributed by atoms with Crippen molar-refractivity contribution in [3.05, 3.63) is 91.9 Å². The molecule has 0 saturated heterocycles. The molecule has 0 amide bonds. The van der Waals surface area contributed by atoms with Crippen molar-refractivity contribution in [3.8, 4) is 11.8 Å². The first-order valence-corrected chi connectivity index (χ1v) is 13.3. The summed E-state index contributed by atoms with van der Waals surface area (Å²) >= 11 is 6.78. The van der Waals surface area contributed by atoms with Crippen LogP contribution in [0.1, 0.15) is 35.0 Å². The molecule has 0 aliphatic carbocycles. The summed E-state index contributed by atoms with van der Waals surface area (Å²) < 4.78 is 30.7. The first-order chi connectivity index (χ1) is 16.5. The minimum absolute atomic E-state index is 0.158. The maximum absolute atomic E-state index is 11.4. The van der Waals surface area contributed by atoms with E-state index < -0.39 is 10.1 Å². The second-order valence-corrected chi connectivity index (χ2v) is 10.7. The number of rotatable bonds is 2. The average Bonchev–Trinajstić information content (AvgIpc) is 3.17. The van der Waals surface area contributed by atoms with Gasteiger partial charge in [0.2, 0.25) is 0 Å². The SMILES string of the molecule is CC#Cc1ncccc1Br.Cc1cc(C)c(S(=O)(=O)ON)c(C)c1.Cc1cc2c(Br)cccn2n1. The van der Waals surface area contributed by atoms with Crippen LogP contribution in [-0.2, 0) is 14.4 Å². The Bertz CT molecular complexity index is 1470. The predicted octanol–water partition coefficient (Wildman–Crippen LogP) is 5.81. The normalized spacial score (nSPS) is 10.4. The summed E-state index contributed by atoms with van der Waals surface area (Å²) in [6, 6.07) is 13.4. The van der Waals surface area contributed by atoms with Crippen molar-refractivity contribution >= 4 is 47.5 Å². The van der Waals surface area contributed by atoms with Crippen molar-refractivity contribution in [2.45, 2.75) is 39.5 Å². The summed E-state index contributed by atoms with van der Waals surface area (Å²) in [5.41, 5.74) is 5.25. The fraction of sp³-hybridized carbons (Fsp3) is 0.200. The molecule has 0 aliphatic heterocycles. The lowest BCUT2D eigenvalue weighted by Crippen LogP contribution is -2.14. The van der Waals surface area contributed by atoms with E-state index in [-0.39, 0.29) is 4.90 Å². The number of halogens is 2. The maximum atomic E-state index is 11.4. The first kappa shape index (κ1) is 28.7. The Morgan fingerprint density at radius 3 is 2.17 bits per heavy atom. The molecule has 4 aromatic rings. The monoisotopic (exact) mass is 620 g/mol. The van der Waals surface area contributed by atoms with Gasteiger partial charge in [0, 0.05) is 16.9 Å². The maximum Gasteiger partial charge on any atom is 0.313 e. The van der Waals surface area contributed by atoms with Gasteiger partial charge in [-0.15, -0.1) is 0 Å². The number of aromatic nitrogens is 3. The summed E-state index contributed by atoms with van der Waals surface area (Å²) in [6.07, 6.45) is 3.66. The first-order valence-electron chi connectivity index (χ1n) is 10.3. The summed E-state index contributed by atoms with van der Waals surface area (Å²) in [7, 11) is -3.80. The van der Waals surface area contributed by atoms with Crippen LogP contribution in [0.15, 0.2) is 68.7 Å². The number of hydrogen-bond donors (Lipinski definition) is 1. The van der Waals surface area contributed by atoms with Gasteiger partial charge in [-0.2, -0.15) is 23.7 Å².